The fourth-order valence-electron chi connectivity index (χ4n) is 3.10. The Bertz CT molecular complexity index is 1420. The number of amides is 1. The molecule has 1 aromatic heterocycles. The van der Waals surface area contributed by atoms with E-state index in [-0.39, 0.29) is 22.8 Å². The number of nitrogens with zero attached hydrogens (tertiary/aromatic N) is 2. The summed E-state index contributed by atoms with van der Waals surface area (Å²) < 4.78 is 29.1. The van der Waals surface area contributed by atoms with Gasteiger partial charge in [0.2, 0.25) is 5.91 Å². The number of sulfonamides is 1. The van der Waals surface area contributed by atoms with E-state index in [4.69, 9.17) is 0 Å². The quantitative estimate of drug-likeness (QED) is 0.485. The second-order valence-electron chi connectivity index (χ2n) is 6.68. The predicted octanol–water partition coefficient (Wildman–Crippen LogP) is 2.84. The second kappa shape index (κ2) is 8.41. The number of carbonyl (C=O) groups is 1. The minimum atomic E-state index is -3.83. The lowest BCUT2D eigenvalue weighted by Crippen LogP contribution is -2.28. The van der Waals surface area contributed by atoms with Crippen molar-refractivity contribution in [3.05, 3.63) is 95.4 Å². The summed E-state index contributed by atoms with van der Waals surface area (Å²) in [4.78, 5) is 29.1. The van der Waals surface area contributed by atoms with E-state index in [0.29, 0.717) is 11.0 Å². The van der Waals surface area contributed by atoms with Crippen LogP contribution in [0, 0.1) is 0 Å². The molecule has 0 radical (unpaired) electrons. The van der Waals surface area contributed by atoms with Crippen LogP contribution in [-0.4, -0.2) is 23.9 Å². The van der Waals surface area contributed by atoms with Crippen molar-refractivity contribution in [3.63, 3.8) is 0 Å². The average Bonchev–Trinajstić information content (AvgIpc) is 2.77. The van der Waals surface area contributed by atoms with Gasteiger partial charge in [0.05, 0.1) is 33.5 Å². The Kier molecular flexibility index (Phi) is 5.50. The minimum absolute atomic E-state index is 0.103. The lowest BCUT2D eigenvalue weighted by Gasteiger charge is -2.14. The molecule has 0 spiro atoms. The lowest BCUT2D eigenvalue weighted by atomic mass is 10.2. The van der Waals surface area contributed by atoms with E-state index in [1.165, 1.54) is 16.7 Å². The molecule has 31 heavy (non-hydrogen) atoms. The number of para-hydroxylation sites is 4. The van der Waals surface area contributed by atoms with E-state index in [9.17, 15) is 18.0 Å². The van der Waals surface area contributed by atoms with Crippen LogP contribution in [0.4, 0.5) is 11.4 Å². The van der Waals surface area contributed by atoms with Gasteiger partial charge in [0.25, 0.3) is 15.6 Å². The highest BCUT2D eigenvalue weighted by molar-refractivity contribution is 7.92. The van der Waals surface area contributed by atoms with Gasteiger partial charge in [-0.25, -0.2) is 13.4 Å². The number of hydrogen-bond donors (Lipinski definition) is 2. The molecule has 1 amide bonds. The number of aromatic nitrogens is 2. The van der Waals surface area contributed by atoms with Gasteiger partial charge in [0.1, 0.15) is 6.54 Å². The molecule has 0 saturated carbocycles. The molecule has 8 nitrogen and oxygen atoms in total. The number of rotatable bonds is 6. The van der Waals surface area contributed by atoms with Crippen molar-refractivity contribution in [1.82, 2.24) is 9.55 Å². The van der Waals surface area contributed by atoms with Crippen LogP contribution in [0.5, 0.6) is 0 Å². The van der Waals surface area contributed by atoms with Gasteiger partial charge in [0, 0.05) is 0 Å². The number of carbonyl (C=O) groups excluding carboxylic acids is 1. The van der Waals surface area contributed by atoms with E-state index in [1.807, 2.05) is 0 Å². The van der Waals surface area contributed by atoms with Crippen molar-refractivity contribution >= 4 is 38.3 Å². The van der Waals surface area contributed by atoms with Crippen molar-refractivity contribution in [2.45, 2.75) is 11.4 Å². The normalized spacial score (nSPS) is 11.2. The van der Waals surface area contributed by atoms with Gasteiger partial charge in [-0.15, -0.1) is 0 Å². The van der Waals surface area contributed by atoms with E-state index in [2.05, 4.69) is 15.0 Å². The molecule has 156 valence electrons. The highest BCUT2D eigenvalue weighted by atomic mass is 32.2. The Balaban J connectivity index is 1.58. The molecule has 4 aromatic rings. The highest BCUT2D eigenvalue weighted by Gasteiger charge is 2.17. The van der Waals surface area contributed by atoms with Gasteiger partial charge in [0.15, 0.2) is 0 Å². The molecular weight excluding hydrogens is 416 g/mol. The van der Waals surface area contributed by atoms with Gasteiger partial charge in [-0.1, -0.05) is 42.5 Å². The van der Waals surface area contributed by atoms with Crippen LogP contribution < -0.4 is 15.6 Å². The van der Waals surface area contributed by atoms with Crippen LogP contribution in [0.15, 0.2) is 94.7 Å². The molecule has 0 saturated heterocycles. The smallest absolute Gasteiger partial charge is 0.269 e. The Morgan fingerprint density at radius 3 is 2.29 bits per heavy atom. The van der Waals surface area contributed by atoms with Gasteiger partial charge >= 0.3 is 0 Å². The zero-order chi connectivity index (χ0) is 21.8. The monoisotopic (exact) mass is 434 g/mol. The standard InChI is InChI=1S/C22H18N4O4S/c27-21(15-26-20-13-7-6-12-19(20)23-14-22(26)28)24-17-10-4-5-11-18(17)25-31(29,30)16-8-2-1-3-9-16/h1-14,25H,15H2,(H,24,27). The molecule has 9 heteroatoms. The van der Waals surface area contributed by atoms with E-state index in [0.717, 1.165) is 6.20 Å². The maximum absolute atomic E-state index is 12.7. The fraction of sp³-hybridized carbons (Fsp3) is 0.0455. The first-order chi connectivity index (χ1) is 14.9. The third-order valence-corrected chi connectivity index (χ3v) is 5.93. The Labute approximate surface area is 178 Å². The number of fused-ring (bicyclic) bond motifs is 1. The topological polar surface area (TPSA) is 110 Å². The molecule has 0 aliphatic heterocycles. The van der Waals surface area contributed by atoms with Crippen molar-refractivity contribution in [3.8, 4) is 0 Å². The number of nitrogens with one attached hydrogen (secondary N) is 2. The summed E-state index contributed by atoms with van der Waals surface area (Å²) in [5.41, 5.74) is 1.20. The lowest BCUT2D eigenvalue weighted by molar-refractivity contribution is -0.116. The zero-order valence-corrected chi connectivity index (χ0v) is 17.0. The summed E-state index contributed by atoms with van der Waals surface area (Å²) in [5, 5.41) is 2.68. The van der Waals surface area contributed by atoms with Crippen LogP contribution >= 0.6 is 0 Å². The molecule has 0 unspecified atom stereocenters. The van der Waals surface area contributed by atoms with Crippen molar-refractivity contribution < 1.29 is 13.2 Å². The number of benzene rings is 3. The maximum atomic E-state index is 12.7. The second-order valence-corrected chi connectivity index (χ2v) is 8.37. The van der Waals surface area contributed by atoms with Gasteiger partial charge in [-0.3, -0.25) is 18.9 Å². The molecule has 2 N–H and O–H groups in total. The van der Waals surface area contributed by atoms with Crippen molar-refractivity contribution in [2.75, 3.05) is 10.0 Å². The van der Waals surface area contributed by atoms with E-state index in [1.54, 1.807) is 66.7 Å². The van der Waals surface area contributed by atoms with Crippen molar-refractivity contribution in [2.24, 2.45) is 0 Å². The summed E-state index contributed by atoms with van der Waals surface area (Å²) in [6.45, 7) is -0.248. The van der Waals surface area contributed by atoms with Crippen LogP contribution in [0.3, 0.4) is 0 Å². The van der Waals surface area contributed by atoms with Gasteiger partial charge < -0.3 is 5.32 Å². The van der Waals surface area contributed by atoms with Crippen LogP contribution in [0.25, 0.3) is 11.0 Å². The minimum Gasteiger partial charge on any atom is -0.323 e. The Morgan fingerprint density at radius 1 is 0.871 bits per heavy atom. The molecule has 0 bridgehead atoms. The van der Waals surface area contributed by atoms with E-state index < -0.39 is 21.5 Å². The molecule has 1 heterocycles. The summed E-state index contributed by atoms with van der Waals surface area (Å²) in [7, 11) is -3.83. The summed E-state index contributed by atoms with van der Waals surface area (Å²) >= 11 is 0. The third kappa shape index (κ3) is 4.46. The molecule has 0 atom stereocenters. The molecule has 4 rings (SSSR count). The molecule has 0 aliphatic carbocycles. The molecule has 0 fully saturated rings. The predicted molar refractivity (Wildman–Crippen MR) is 118 cm³/mol. The van der Waals surface area contributed by atoms with Crippen LogP contribution in [-0.2, 0) is 21.4 Å². The Hall–Kier alpha value is -3.98. The maximum Gasteiger partial charge on any atom is 0.269 e. The van der Waals surface area contributed by atoms with Crippen molar-refractivity contribution in [1.29, 1.82) is 0 Å². The zero-order valence-electron chi connectivity index (χ0n) is 16.2. The summed E-state index contributed by atoms with van der Waals surface area (Å²) in [6.07, 6.45) is 1.16. The SMILES string of the molecule is O=C(Cn1c(=O)cnc2ccccc21)Nc1ccccc1NS(=O)(=O)c1ccccc1. The van der Waals surface area contributed by atoms with Gasteiger partial charge in [-0.2, -0.15) is 0 Å². The fourth-order valence-corrected chi connectivity index (χ4v) is 4.20. The first-order valence-electron chi connectivity index (χ1n) is 9.35. The van der Waals surface area contributed by atoms with Crippen LogP contribution in [0.2, 0.25) is 0 Å². The average molecular weight is 434 g/mol. The molecule has 3 aromatic carbocycles. The van der Waals surface area contributed by atoms with Gasteiger partial charge in [-0.05, 0) is 36.4 Å². The third-order valence-electron chi connectivity index (χ3n) is 4.55. The highest BCUT2D eigenvalue weighted by Crippen LogP contribution is 2.24. The Morgan fingerprint density at radius 2 is 1.52 bits per heavy atom. The first kappa shape index (κ1) is 20.3. The first-order valence-corrected chi connectivity index (χ1v) is 10.8. The van der Waals surface area contributed by atoms with E-state index >= 15 is 0 Å². The molecular formula is C22H18N4O4S. The summed E-state index contributed by atoms with van der Waals surface area (Å²) in [6, 6.07) is 21.4. The molecule has 0 aliphatic rings. The van der Waals surface area contributed by atoms with Crippen LogP contribution in [0.1, 0.15) is 0 Å². The number of anilines is 2. The number of hydrogen-bond acceptors (Lipinski definition) is 5. The summed E-state index contributed by atoms with van der Waals surface area (Å²) in [5.74, 6) is -0.482. The largest absolute Gasteiger partial charge is 0.323 e.